The van der Waals surface area contributed by atoms with E-state index in [1.807, 2.05) is 6.07 Å². The van der Waals surface area contributed by atoms with Crippen molar-refractivity contribution in [2.24, 2.45) is 16.7 Å². The van der Waals surface area contributed by atoms with Crippen LogP contribution in [0.1, 0.15) is 78.2 Å². The lowest BCUT2D eigenvalue weighted by Gasteiger charge is -2.50. The van der Waals surface area contributed by atoms with Crippen molar-refractivity contribution in [2.45, 2.75) is 78.0 Å². The topological polar surface area (TPSA) is 57.6 Å². The number of benzene rings is 1. The normalized spacial score (nSPS) is 27.2. The van der Waals surface area contributed by atoms with Crippen molar-refractivity contribution in [2.75, 3.05) is 32.7 Å². The van der Waals surface area contributed by atoms with E-state index in [0.29, 0.717) is 10.4 Å². The van der Waals surface area contributed by atoms with Gasteiger partial charge >= 0.3 is 10.1 Å². The van der Waals surface area contributed by atoms with Gasteiger partial charge < -0.3 is 0 Å². The van der Waals surface area contributed by atoms with Gasteiger partial charge in [0.1, 0.15) is 5.69 Å². The summed E-state index contributed by atoms with van der Waals surface area (Å²) in [5.41, 5.74) is 2.91. The number of hydrogen-bond acceptors (Lipinski definition) is 3. The molecule has 1 aliphatic heterocycles. The van der Waals surface area contributed by atoms with E-state index in [1.54, 1.807) is 6.92 Å². The van der Waals surface area contributed by atoms with Crippen molar-refractivity contribution < 1.29 is 13.0 Å². The second kappa shape index (κ2) is 8.37. The van der Waals surface area contributed by atoms with Gasteiger partial charge in [-0.2, -0.15) is 8.42 Å². The molecule has 1 atom stereocenters. The minimum Gasteiger partial charge on any atom is -0.292 e. The summed E-state index contributed by atoms with van der Waals surface area (Å²) in [6.45, 7) is 15.5. The van der Waals surface area contributed by atoms with Crippen LogP contribution in [0.3, 0.4) is 0 Å². The number of hydrogen-bond donors (Lipinski definition) is 1. The third kappa shape index (κ3) is 5.08. The van der Waals surface area contributed by atoms with Gasteiger partial charge in [-0.15, -0.1) is 0 Å². The van der Waals surface area contributed by atoms with Crippen LogP contribution < -0.4 is 4.48 Å². The average Bonchev–Trinajstić information content (AvgIpc) is 3.49. The Bertz CT molecular complexity index is 912. The SMILES string of the molecule is CC([N+]1(c2ccccc2C2CC(C)(C)CC(C)(C)C2)CCN(CC2CC2)CC1)S(=O)(=O)O. The molecule has 1 N–H and O–H groups in total. The molecular weight excluding hydrogens is 420 g/mol. The highest BCUT2D eigenvalue weighted by Crippen LogP contribution is 2.53. The van der Waals surface area contributed by atoms with E-state index in [-0.39, 0.29) is 10.8 Å². The molecule has 4 rings (SSSR count). The Morgan fingerprint density at radius 1 is 1.06 bits per heavy atom. The van der Waals surface area contributed by atoms with Gasteiger partial charge in [-0.1, -0.05) is 45.9 Å². The molecule has 1 aromatic rings. The van der Waals surface area contributed by atoms with Gasteiger partial charge in [-0.05, 0) is 60.8 Å². The summed E-state index contributed by atoms with van der Waals surface area (Å²) in [6.07, 6.45) is 6.08. The zero-order valence-corrected chi connectivity index (χ0v) is 21.5. The molecule has 2 aliphatic carbocycles. The molecule has 0 bridgehead atoms. The molecule has 32 heavy (non-hydrogen) atoms. The standard InChI is InChI=1S/C26H42N2O3S/c1-20(32(29,30)31)28(14-12-27(13-15-28)18-21-10-11-21)24-9-7-6-8-23(24)22-16-25(2,3)19-26(4,5)17-22/h6-9,20-22H,10-19H2,1-5H3/p+1. The molecule has 1 unspecified atom stereocenters. The summed E-state index contributed by atoms with van der Waals surface area (Å²) in [4.78, 5) is 2.50. The van der Waals surface area contributed by atoms with E-state index in [0.717, 1.165) is 57.2 Å². The number of quaternary nitrogens is 1. The number of piperazine rings is 1. The van der Waals surface area contributed by atoms with E-state index in [9.17, 15) is 13.0 Å². The maximum atomic E-state index is 12.5. The molecule has 0 radical (unpaired) electrons. The summed E-state index contributed by atoms with van der Waals surface area (Å²) in [7, 11) is -4.18. The minimum atomic E-state index is -4.18. The molecule has 0 amide bonds. The monoisotopic (exact) mass is 463 g/mol. The Morgan fingerprint density at radius 3 is 2.16 bits per heavy atom. The highest BCUT2D eigenvalue weighted by atomic mass is 32.2. The van der Waals surface area contributed by atoms with Crippen LogP contribution >= 0.6 is 0 Å². The molecule has 0 spiro atoms. The first-order valence-electron chi connectivity index (χ1n) is 12.5. The first-order valence-corrected chi connectivity index (χ1v) is 14.0. The van der Waals surface area contributed by atoms with Crippen LogP contribution in [0.4, 0.5) is 5.69 Å². The molecule has 180 valence electrons. The highest BCUT2D eigenvalue weighted by Gasteiger charge is 2.49. The summed E-state index contributed by atoms with van der Waals surface area (Å²) in [5, 5.41) is -0.865. The average molecular weight is 464 g/mol. The lowest BCUT2D eigenvalue weighted by Crippen LogP contribution is -2.67. The fraction of sp³-hybridized carbons (Fsp3) is 0.769. The van der Waals surface area contributed by atoms with Gasteiger partial charge in [0.15, 0.2) is 0 Å². The van der Waals surface area contributed by atoms with Crippen molar-refractivity contribution in [1.82, 2.24) is 9.38 Å². The van der Waals surface area contributed by atoms with Crippen LogP contribution in [0.2, 0.25) is 0 Å². The summed E-state index contributed by atoms with van der Waals surface area (Å²) in [5.74, 6) is 1.23. The van der Waals surface area contributed by atoms with Crippen LogP contribution in [-0.2, 0) is 10.1 Å². The Hall–Kier alpha value is -0.950. The molecule has 0 aromatic heterocycles. The van der Waals surface area contributed by atoms with Gasteiger partial charge in [0.05, 0.1) is 13.1 Å². The predicted molar refractivity (Wildman–Crippen MR) is 132 cm³/mol. The van der Waals surface area contributed by atoms with E-state index >= 15 is 0 Å². The fourth-order valence-corrected chi connectivity index (χ4v) is 7.91. The molecule has 1 saturated heterocycles. The Balaban J connectivity index is 1.73. The smallest absolute Gasteiger partial charge is 0.292 e. The van der Waals surface area contributed by atoms with E-state index in [1.165, 1.54) is 24.8 Å². The Kier molecular flexibility index (Phi) is 6.32. The number of rotatable bonds is 6. The molecule has 5 nitrogen and oxygen atoms in total. The summed E-state index contributed by atoms with van der Waals surface area (Å²) >= 11 is 0. The highest BCUT2D eigenvalue weighted by molar-refractivity contribution is 7.86. The Labute approximate surface area is 195 Å². The van der Waals surface area contributed by atoms with Crippen LogP contribution in [0.15, 0.2) is 24.3 Å². The fourth-order valence-electron chi connectivity index (χ4n) is 7.07. The van der Waals surface area contributed by atoms with Crippen molar-refractivity contribution in [3.63, 3.8) is 0 Å². The first kappa shape index (κ1) is 24.2. The first-order chi connectivity index (χ1) is 14.8. The summed E-state index contributed by atoms with van der Waals surface area (Å²) in [6, 6.07) is 8.52. The zero-order chi connectivity index (χ0) is 23.4. The number of nitrogens with zero attached hydrogens (tertiary/aromatic N) is 2. The van der Waals surface area contributed by atoms with Crippen LogP contribution in [0, 0.1) is 16.7 Å². The largest absolute Gasteiger partial charge is 0.319 e. The summed E-state index contributed by atoms with van der Waals surface area (Å²) < 4.78 is 35.5. The molecule has 1 aromatic carbocycles. The van der Waals surface area contributed by atoms with Crippen LogP contribution in [0.25, 0.3) is 0 Å². The third-order valence-corrected chi connectivity index (χ3v) is 9.65. The van der Waals surface area contributed by atoms with Gasteiger partial charge in [-0.25, -0.2) is 0 Å². The minimum absolute atomic E-state index is 0.252. The number of para-hydroxylation sites is 1. The molecular formula is C26H43N2O3S+. The van der Waals surface area contributed by atoms with Crippen LogP contribution in [-0.4, -0.2) is 56.0 Å². The van der Waals surface area contributed by atoms with E-state index in [2.05, 4.69) is 50.8 Å². The maximum Gasteiger partial charge on any atom is 0.319 e. The van der Waals surface area contributed by atoms with Crippen molar-refractivity contribution >= 4 is 15.8 Å². The van der Waals surface area contributed by atoms with E-state index in [4.69, 9.17) is 0 Å². The second-order valence-electron chi connectivity index (χ2n) is 12.5. The van der Waals surface area contributed by atoms with Gasteiger partial charge in [-0.3, -0.25) is 13.9 Å². The quantitative estimate of drug-likeness (QED) is 0.461. The van der Waals surface area contributed by atoms with E-state index < -0.39 is 15.5 Å². The molecule has 1 heterocycles. The predicted octanol–water partition coefficient (Wildman–Crippen LogP) is 5.27. The Morgan fingerprint density at radius 2 is 1.62 bits per heavy atom. The lowest BCUT2D eigenvalue weighted by molar-refractivity contribution is 0.0932. The zero-order valence-electron chi connectivity index (χ0n) is 20.7. The molecule has 3 aliphatic rings. The molecule has 6 heteroatoms. The maximum absolute atomic E-state index is 12.5. The lowest BCUT2D eigenvalue weighted by atomic mass is 9.60. The third-order valence-electron chi connectivity index (χ3n) is 8.38. The van der Waals surface area contributed by atoms with Crippen molar-refractivity contribution in [3.8, 4) is 0 Å². The molecule has 2 saturated carbocycles. The van der Waals surface area contributed by atoms with Crippen molar-refractivity contribution in [1.29, 1.82) is 0 Å². The second-order valence-corrected chi connectivity index (χ2v) is 14.2. The molecule has 3 fully saturated rings. The van der Waals surface area contributed by atoms with Crippen molar-refractivity contribution in [3.05, 3.63) is 29.8 Å². The van der Waals surface area contributed by atoms with Crippen LogP contribution in [0.5, 0.6) is 0 Å². The van der Waals surface area contributed by atoms with Gasteiger partial charge in [0.25, 0.3) is 0 Å². The van der Waals surface area contributed by atoms with Gasteiger partial charge in [0, 0.05) is 32.1 Å². The van der Waals surface area contributed by atoms with Gasteiger partial charge in [0.2, 0.25) is 5.37 Å².